The molecule has 4 heteroatoms. The summed E-state index contributed by atoms with van der Waals surface area (Å²) in [6.07, 6.45) is 1.06. The highest BCUT2D eigenvalue weighted by Crippen LogP contribution is 2.16. The predicted molar refractivity (Wildman–Crippen MR) is 44.2 cm³/mol. The second-order valence-corrected chi connectivity index (χ2v) is 3.17. The normalized spacial score (nSPS) is 19.6. The Morgan fingerprint density at radius 2 is 2.17 bits per heavy atom. The molecule has 1 aliphatic rings. The maximum atomic E-state index is 10.5. The van der Waals surface area contributed by atoms with Crippen LogP contribution in [0.15, 0.2) is 0 Å². The summed E-state index contributed by atoms with van der Waals surface area (Å²) in [5, 5.41) is 8.65. The molecule has 70 valence electrons. The number of piperidine rings is 1. The molecule has 1 amide bonds. The van der Waals surface area contributed by atoms with E-state index in [0.717, 1.165) is 19.4 Å². The summed E-state index contributed by atoms with van der Waals surface area (Å²) in [6, 6.07) is 0. The molecule has 0 radical (unpaired) electrons. The molecule has 0 spiro atoms. The zero-order chi connectivity index (χ0) is 8.97. The fourth-order valence-corrected chi connectivity index (χ4v) is 1.53. The lowest BCUT2D eigenvalue weighted by Crippen LogP contribution is -2.38. The van der Waals surface area contributed by atoms with Crippen LogP contribution in [-0.4, -0.2) is 42.9 Å². The van der Waals surface area contributed by atoms with E-state index in [9.17, 15) is 4.79 Å². The molecule has 0 aliphatic carbocycles. The molecule has 0 saturated carbocycles. The molecule has 4 nitrogen and oxygen atoms in total. The molecule has 0 aromatic rings. The Morgan fingerprint density at radius 1 is 1.58 bits per heavy atom. The summed E-state index contributed by atoms with van der Waals surface area (Å²) in [5.41, 5.74) is 0. The lowest BCUT2D eigenvalue weighted by atomic mass is 9.98. The van der Waals surface area contributed by atoms with Crippen LogP contribution in [0.5, 0.6) is 0 Å². The van der Waals surface area contributed by atoms with Crippen LogP contribution in [0.3, 0.4) is 0 Å². The summed E-state index contributed by atoms with van der Waals surface area (Å²) >= 11 is 0. The van der Waals surface area contributed by atoms with Gasteiger partial charge in [0.15, 0.2) is 0 Å². The number of carbonyl (C=O) groups is 1. The van der Waals surface area contributed by atoms with Crippen molar-refractivity contribution in [1.29, 1.82) is 0 Å². The number of hydrogen-bond donors (Lipinski definition) is 1. The van der Waals surface area contributed by atoms with Crippen molar-refractivity contribution >= 4 is 6.09 Å². The summed E-state index contributed by atoms with van der Waals surface area (Å²) in [6.45, 7) is 2.07. The molecule has 1 N–H and O–H groups in total. The largest absolute Gasteiger partial charge is 0.465 e. The highest BCUT2D eigenvalue weighted by molar-refractivity contribution is 5.64. The zero-order valence-electron chi connectivity index (χ0n) is 7.32. The first-order valence-electron chi connectivity index (χ1n) is 4.21. The number of rotatable bonds is 2. The van der Waals surface area contributed by atoms with Gasteiger partial charge in [-0.15, -0.1) is 0 Å². The number of nitrogens with zero attached hydrogens (tertiary/aromatic N) is 1. The molecule has 0 atom stereocenters. The van der Waals surface area contributed by atoms with Gasteiger partial charge in [-0.2, -0.15) is 0 Å². The van der Waals surface area contributed by atoms with Gasteiger partial charge < -0.3 is 14.7 Å². The predicted octanol–water partition coefficient (Wildman–Crippen LogP) is 1.02. The van der Waals surface area contributed by atoms with Crippen molar-refractivity contribution in [2.24, 2.45) is 5.92 Å². The van der Waals surface area contributed by atoms with Gasteiger partial charge in [-0.1, -0.05) is 0 Å². The van der Waals surface area contributed by atoms with E-state index in [2.05, 4.69) is 0 Å². The minimum atomic E-state index is -0.800. The first-order valence-corrected chi connectivity index (χ1v) is 4.21. The van der Waals surface area contributed by atoms with Gasteiger partial charge >= 0.3 is 6.09 Å². The fourth-order valence-electron chi connectivity index (χ4n) is 1.53. The van der Waals surface area contributed by atoms with Gasteiger partial charge in [0.2, 0.25) is 0 Å². The number of hydrogen-bond acceptors (Lipinski definition) is 2. The number of likely N-dealkylation sites (tertiary alicyclic amines) is 1. The van der Waals surface area contributed by atoms with Crippen LogP contribution in [0.4, 0.5) is 4.79 Å². The molecule has 1 rings (SSSR count). The number of carboxylic acid groups (broad SMARTS) is 1. The standard InChI is InChI=1S/C8H15NO3/c1-12-6-7-2-4-9(5-3-7)8(10)11/h7H,2-6H2,1H3,(H,10,11). The second kappa shape index (κ2) is 4.30. The topological polar surface area (TPSA) is 49.8 Å². The Morgan fingerprint density at radius 3 is 2.58 bits per heavy atom. The van der Waals surface area contributed by atoms with E-state index in [1.165, 1.54) is 4.90 Å². The lowest BCUT2D eigenvalue weighted by Gasteiger charge is -2.29. The van der Waals surface area contributed by atoms with Crippen molar-refractivity contribution in [2.45, 2.75) is 12.8 Å². The van der Waals surface area contributed by atoms with Gasteiger partial charge in [0.05, 0.1) is 0 Å². The van der Waals surface area contributed by atoms with Crippen molar-refractivity contribution in [3.8, 4) is 0 Å². The average molecular weight is 173 g/mol. The van der Waals surface area contributed by atoms with Gasteiger partial charge in [-0.25, -0.2) is 4.79 Å². The monoisotopic (exact) mass is 173 g/mol. The van der Waals surface area contributed by atoms with Crippen LogP contribution >= 0.6 is 0 Å². The van der Waals surface area contributed by atoms with Crippen molar-refractivity contribution in [2.75, 3.05) is 26.8 Å². The Labute approximate surface area is 72.1 Å². The molecule has 1 aliphatic heterocycles. The summed E-state index contributed by atoms with van der Waals surface area (Å²) in [5.74, 6) is 0.547. The van der Waals surface area contributed by atoms with Gasteiger partial charge in [0, 0.05) is 26.8 Å². The Hall–Kier alpha value is -0.770. The third-order valence-corrected chi connectivity index (χ3v) is 2.29. The summed E-state index contributed by atoms with van der Waals surface area (Å²) in [4.78, 5) is 12.0. The first-order chi connectivity index (χ1) is 5.74. The Bertz CT molecular complexity index is 152. The molecule has 0 aromatic carbocycles. The summed E-state index contributed by atoms with van der Waals surface area (Å²) < 4.78 is 5.01. The fraction of sp³-hybridized carbons (Fsp3) is 0.875. The molecule has 0 bridgehead atoms. The van der Waals surface area contributed by atoms with Crippen LogP contribution in [0, 0.1) is 5.92 Å². The van der Waals surface area contributed by atoms with Gasteiger partial charge in [0.25, 0.3) is 0 Å². The number of ether oxygens (including phenoxy) is 1. The van der Waals surface area contributed by atoms with Crippen LogP contribution in [-0.2, 0) is 4.74 Å². The van der Waals surface area contributed by atoms with Crippen LogP contribution in [0.25, 0.3) is 0 Å². The SMILES string of the molecule is COCC1CCN(C(=O)O)CC1. The van der Waals surface area contributed by atoms with Crippen molar-refractivity contribution in [3.05, 3.63) is 0 Å². The molecule has 0 aromatic heterocycles. The van der Waals surface area contributed by atoms with Gasteiger partial charge in [0.1, 0.15) is 0 Å². The van der Waals surface area contributed by atoms with E-state index in [1.807, 2.05) is 0 Å². The minimum Gasteiger partial charge on any atom is -0.465 e. The number of methoxy groups -OCH3 is 1. The smallest absolute Gasteiger partial charge is 0.407 e. The number of amides is 1. The lowest BCUT2D eigenvalue weighted by molar-refractivity contribution is 0.0904. The van der Waals surface area contributed by atoms with Crippen molar-refractivity contribution in [1.82, 2.24) is 4.90 Å². The van der Waals surface area contributed by atoms with Crippen LogP contribution < -0.4 is 0 Å². The molecule has 1 saturated heterocycles. The van der Waals surface area contributed by atoms with E-state index in [0.29, 0.717) is 19.0 Å². The van der Waals surface area contributed by atoms with E-state index in [4.69, 9.17) is 9.84 Å². The van der Waals surface area contributed by atoms with E-state index in [1.54, 1.807) is 7.11 Å². The van der Waals surface area contributed by atoms with Crippen molar-refractivity contribution < 1.29 is 14.6 Å². The molecular weight excluding hydrogens is 158 g/mol. The molecule has 1 fully saturated rings. The average Bonchev–Trinajstić information content (AvgIpc) is 2.06. The Balaban J connectivity index is 2.25. The maximum Gasteiger partial charge on any atom is 0.407 e. The van der Waals surface area contributed by atoms with Crippen LogP contribution in [0.2, 0.25) is 0 Å². The van der Waals surface area contributed by atoms with E-state index < -0.39 is 6.09 Å². The van der Waals surface area contributed by atoms with Crippen molar-refractivity contribution in [3.63, 3.8) is 0 Å². The van der Waals surface area contributed by atoms with Gasteiger partial charge in [-0.05, 0) is 18.8 Å². The molecule has 12 heavy (non-hydrogen) atoms. The Kier molecular flexibility index (Phi) is 3.34. The third kappa shape index (κ3) is 2.37. The third-order valence-electron chi connectivity index (χ3n) is 2.29. The second-order valence-electron chi connectivity index (χ2n) is 3.17. The first kappa shape index (κ1) is 9.32. The van der Waals surface area contributed by atoms with Gasteiger partial charge in [-0.3, -0.25) is 0 Å². The summed E-state index contributed by atoms with van der Waals surface area (Å²) in [7, 11) is 1.68. The van der Waals surface area contributed by atoms with E-state index in [-0.39, 0.29) is 0 Å². The molecular formula is C8H15NO3. The van der Waals surface area contributed by atoms with Crippen LogP contribution in [0.1, 0.15) is 12.8 Å². The zero-order valence-corrected chi connectivity index (χ0v) is 7.32. The maximum absolute atomic E-state index is 10.5. The highest BCUT2D eigenvalue weighted by atomic mass is 16.5. The molecule has 1 heterocycles. The highest BCUT2D eigenvalue weighted by Gasteiger charge is 2.21. The van der Waals surface area contributed by atoms with E-state index >= 15 is 0 Å². The quantitative estimate of drug-likeness (QED) is 0.678. The molecule has 0 unspecified atom stereocenters. The minimum absolute atomic E-state index is 0.547.